The summed E-state index contributed by atoms with van der Waals surface area (Å²) in [5.41, 5.74) is 1.84. The highest BCUT2D eigenvalue weighted by atomic mass is 16.5. The molecule has 0 atom stereocenters. The summed E-state index contributed by atoms with van der Waals surface area (Å²) in [5.74, 6) is 6.66. The van der Waals surface area contributed by atoms with E-state index in [4.69, 9.17) is 4.74 Å². The first kappa shape index (κ1) is 19.5. The molecule has 0 radical (unpaired) electrons. The molecule has 1 N–H and O–H groups in total. The molecule has 1 amide bonds. The van der Waals surface area contributed by atoms with E-state index in [1.54, 1.807) is 24.9 Å². The standard InChI is InChI=1S/C20H26N4O2/c1-5-24(6-2)14-13-21-20(25)18-15-17(23(3)22-18)12-11-16-9-7-8-10-19(16)26-4/h7-10,15H,5-6,13-14H2,1-4H3,(H,21,25). The quantitative estimate of drug-likeness (QED) is 0.772. The Morgan fingerprint density at radius 2 is 2.00 bits per heavy atom. The van der Waals surface area contributed by atoms with Crippen LogP contribution in [-0.2, 0) is 7.05 Å². The van der Waals surface area contributed by atoms with Crippen molar-refractivity contribution in [2.75, 3.05) is 33.3 Å². The first-order valence-electron chi connectivity index (χ1n) is 8.78. The number of rotatable bonds is 7. The highest BCUT2D eigenvalue weighted by molar-refractivity contribution is 5.92. The number of benzene rings is 1. The molecule has 6 heteroatoms. The fraction of sp³-hybridized carbons (Fsp3) is 0.400. The molecule has 2 rings (SSSR count). The first-order valence-corrected chi connectivity index (χ1v) is 8.78. The molecule has 6 nitrogen and oxygen atoms in total. The Bertz CT molecular complexity index is 798. The lowest BCUT2D eigenvalue weighted by atomic mass is 10.2. The van der Waals surface area contributed by atoms with E-state index in [-0.39, 0.29) is 5.91 Å². The van der Waals surface area contributed by atoms with E-state index < -0.39 is 0 Å². The van der Waals surface area contributed by atoms with Gasteiger partial charge in [0.1, 0.15) is 11.4 Å². The zero-order valence-corrected chi connectivity index (χ0v) is 15.9. The van der Waals surface area contributed by atoms with E-state index in [1.807, 2.05) is 24.3 Å². The molecule has 0 bridgehead atoms. The molecule has 1 aromatic carbocycles. The third-order valence-corrected chi connectivity index (χ3v) is 4.15. The summed E-state index contributed by atoms with van der Waals surface area (Å²) in [6, 6.07) is 9.26. The fourth-order valence-electron chi connectivity index (χ4n) is 2.53. The maximum Gasteiger partial charge on any atom is 0.271 e. The minimum Gasteiger partial charge on any atom is -0.495 e. The molecule has 1 aromatic heterocycles. The molecule has 0 saturated carbocycles. The first-order chi connectivity index (χ1) is 12.6. The number of para-hydroxylation sites is 1. The lowest BCUT2D eigenvalue weighted by Gasteiger charge is -2.17. The Balaban J connectivity index is 2.05. The minimum atomic E-state index is -0.182. The van der Waals surface area contributed by atoms with Crippen LogP contribution in [-0.4, -0.2) is 53.9 Å². The molecule has 0 aliphatic heterocycles. The van der Waals surface area contributed by atoms with Gasteiger partial charge in [-0.2, -0.15) is 5.10 Å². The number of aromatic nitrogens is 2. The highest BCUT2D eigenvalue weighted by Gasteiger charge is 2.12. The molecule has 138 valence electrons. The Hall–Kier alpha value is -2.78. The number of likely N-dealkylation sites (N-methyl/N-ethyl adjacent to an activating group) is 1. The third-order valence-electron chi connectivity index (χ3n) is 4.15. The molecule has 2 aromatic rings. The third kappa shape index (κ3) is 5.11. The number of nitrogens with one attached hydrogen (secondary N) is 1. The second-order valence-electron chi connectivity index (χ2n) is 5.77. The van der Waals surface area contributed by atoms with E-state index in [9.17, 15) is 4.79 Å². The van der Waals surface area contributed by atoms with Gasteiger partial charge in [-0.15, -0.1) is 0 Å². The van der Waals surface area contributed by atoms with Gasteiger partial charge in [-0.3, -0.25) is 9.48 Å². The number of carbonyl (C=O) groups excluding carboxylic acids is 1. The molecule has 26 heavy (non-hydrogen) atoms. The molecule has 0 saturated heterocycles. The van der Waals surface area contributed by atoms with Gasteiger partial charge in [-0.1, -0.05) is 31.9 Å². The average Bonchev–Trinajstić information content (AvgIpc) is 3.04. The van der Waals surface area contributed by atoms with Gasteiger partial charge in [0.05, 0.1) is 12.7 Å². The van der Waals surface area contributed by atoms with Crippen molar-refractivity contribution in [2.24, 2.45) is 7.05 Å². The van der Waals surface area contributed by atoms with Gasteiger partial charge in [0.15, 0.2) is 5.69 Å². The van der Waals surface area contributed by atoms with E-state index in [2.05, 4.69) is 41.0 Å². The molecular weight excluding hydrogens is 328 g/mol. The van der Waals surface area contributed by atoms with Crippen LogP contribution in [0.25, 0.3) is 0 Å². The summed E-state index contributed by atoms with van der Waals surface area (Å²) in [6.07, 6.45) is 0. The largest absolute Gasteiger partial charge is 0.495 e. The van der Waals surface area contributed by atoms with Gasteiger partial charge in [-0.25, -0.2) is 0 Å². The SMILES string of the molecule is CCN(CC)CCNC(=O)c1cc(C#Cc2ccccc2OC)n(C)n1. The van der Waals surface area contributed by atoms with Crippen LogP contribution in [0.4, 0.5) is 0 Å². The van der Waals surface area contributed by atoms with E-state index >= 15 is 0 Å². The van der Waals surface area contributed by atoms with Crippen molar-refractivity contribution in [1.82, 2.24) is 20.0 Å². The van der Waals surface area contributed by atoms with Crippen molar-refractivity contribution in [3.8, 4) is 17.6 Å². The van der Waals surface area contributed by atoms with Crippen LogP contribution in [0.15, 0.2) is 30.3 Å². The monoisotopic (exact) mass is 354 g/mol. The number of amides is 1. The fourth-order valence-corrected chi connectivity index (χ4v) is 2.53. The van der Waals surface area contributed by atoms with Crippen LogP contribution in [0.2, 0.25) is 0 Å². The van der Waals surface area contributed by atoms with Gasteiger partial charge in [0.25, 0.3) is 5.91 Å². The number of aryl methyl sites for hydroxylation is 1. The molecule has 0 fully saturated rings. The van der Waals surface area contributed by atoms with Gasteiger partial charge >= 0.3 is 0 Å². The summed E-state index contributed by atoms with van der Waals surface area (Å²) >= 11 is 0. The predicted octanol–water partition coefficient (Wildman–Crippen LogP) is 1.90. The smallest absolute Gasteiger partial charge is 0.271 e. The molecule has 0 spiro atoms. The molecular formula is C20H26N4O2. The molecule has 0 aliphatic rings. The van der Waals surface area contributed by atoms with Gasteiger partial charge in [0, 0.05) is 26.2 Å². The lowest BCUT2D eigenvalue weighted by Crippen LogP contribution is -2.35. The number of hydrogen-bond donors (Lipinski definition) is 1. The Labute approximate surface area is 155 Å². The molecule has 1 heterocycles. The zero-order valence-electron chi connectivity index (χ0n) is 15.9. The molecule has 0 unspecified atom stereocenters. The topological polar surface area (TPSA) is 59.4 Å². The Morgan fingerprint density at radius 3 is 2.69 bits per heavy atom. The molecule has 0 aliphatic carbocycles. The van der Waals surface area contributed by atoms with Crippen LogP contribution in [0.5, 0.6) is 5.75 Å². The maximum absolute atomic E-state index is 12.3. The zero-order chi connectivity index (χ0) is 18.9. The van der Waals surface area contributed by atoms with Crippen LogP contribution in [0.3, 0.4) is 0 Å². The summed E-state index contributed by atoms with van der Waals surface area (Å²) in [7, 11) is 3.39. The predicted molar refractivity (Wildman–Crippen MR) is 102 cm³/mol. The average molecular weight is 354 g/mol. The van der Waals surface area contributed by atoms with Gasteiger partial charge in [-0.05, 0) is 31.1 Å². The van der Waals surface area contributed by atoms with Crippen molar-refractivity contribution in [3.63, 3.8) is 0 Å². The number of ether oxygens (including phenoxy) is 1. The van der Waals surface area contributed by atoms with Crippen molar-refractivity contribution >= 4 is 5.91 Å². The lowest BCUT2D eigenvalue weighted by molar-refractivity contribution is 0.0943. The van der Waals surface area contributed by atoms with Crippen molar-refractivity contribution in [1.29, 1.82) is 0 Å². The second-order valence-corrected chi connectivity index (χ2v) is 5.77. The summed E-state index contributed by atoms with van der Waals surface area (Å²) in [4.78, 5) is 14.5. The van der Waals surface area contributed by atoms with Crippen LogP contribution in [0.1, 0.15) is 35.6 Å². The Kier molecular flexibility index (Phi) is 7.24. The number of methoxy groups -OCH3 is 1. The number of carbonyl (C=O) groups is 1. The van der Waals surface area contributed by atoms with Crippen LogP contribution < -0.4 is 10.1 Å². The van der Waals surface area contributed by atoms with Crippen LogP contribution in [0, 0.1) is 11.8 Å². The second kappa shape index (κ2) is 9.64. The highest BCUT2D eigenvalue weighted by Crippen LogP contribution is 2.15. The normalized spacial score (nSPS) is 10.3. The summed E-state index contributed by atoms with van der Waals surface area (Å²) in [6.45, 7) is 7.58. The van der Waals surface area contributed by atoms with Gasteiger partial charge in [0.2, 0.25) is 0 Å². The van der Waals surface area contributed by atoms with Crippen molar-refractivity contribution in [2.45, 2.75) is 13.8 Å². The van der Waals surface area contributed by atoms with Crippen molar-refractivity contribution in [3.05, 3.63) is 47.3 Å². The number of hydrogen-bond acceptors (Lipinski definition) is 4. The van der Waals surface area contributed by atoms with Gasteiger partial charge < -0.3 is 15.0 Å². The van der Waals surface area contributed by atoms with E-state index in [0.29, 0.717) is 17.9 Å². The number of nitrogens with zero attached hydrogens (tertiary/aromatic N) is 3. The van der Waals surface area contributed by atoms with Crippen LogP contribution >= 0.6 is 0 Å². The van der Waals surface area contributed by atoms with E-state index in [0.717, 1.165) is 30.9 Å². The van der Waals surface area contributed by atoms with E-state index in [1.165, 1.54) is 0 Å². The summed E-state index contributed by atoms with van der Waals surface area (Å²) in [5, 5.41) is 7.17. The maximum atomic E-state index is 12.3. The van der Waals surface area contributed by atoms with Crippen molar-refractivity contribution < 1.29 is 9.53 Å². The Morgan fingerprint density at radius 1 is 1.27 bits per heavy atom. The summed E-state index contributed by atoms with van der Waals surface area (Å²) < 4.78 is 6.91. The minimum absolute atomic E-state index is 0.182.